The number of benzene rings is 1. The molecule has 8 nitrogen and oxygen atoms in total. The summed E-state index contributed by atoms with van der Waals surface area (Å²) in [6, 6.07) is 4.61. The van der Waals surface area contributed by atoms with Crippen LogP contribution in [0.3, 0.4) is 0 Å². The molecule has 3 N–H and O–H groups in total. The predicted octanol–water partition coefficient (Wildman–Crippen LogP) is 6.51. The third-order valence-corrected chi connectivity index (χ3v) is 10.3. The number of hydrogen-bond donors (Lipinski definition) is 3. The topological polar surface area (TPSA) is 118 Å². The third-order valence-electron chi connectivity index (χ3n) is 8.50. The number of aliphatic carboxylic acids is 1. The Bertz CT molecular complexity index is 1450. The zero-order valence-electron chi connectivity index (χ0n) is 25.2. The first-order valence-corrected chi connectivity index (χ1v) is 16.4. The molecule has 1 aromatic carbocycles. The number of rotatable bonds is 8. The first kappa shape index (κ1) is 33.0. The van der Waals surface area contributed by atoms with Crippen LogP contribution in [0.4, 0.5) is 13.2 Å². The molecule has 43 heavy (non-hydrogen) atoms. The Hall–Kier alpha value is -2.86. The van der Waals surface area contributed by atoms with Crippen molar-refractivity contribution in [2.24, 2.45) is 11.8 Å². The Labute approximate surface area is 251 Å². The highest BCUT2D eigenvalue weighted by Gasteiger charge is 2.39. The van der Waals surface area contributed by atoms with Gasteiger partial charge in [-0.1, -0.05) is 25.3 Å². The lowest BCUT2D eigenvalue weighted by atomic mass is 9.86. The van der Waals surface area contributed by atoms with E-state index in [0.29, 0.717) is 55.1 Å². The summed E-state index contributed by atoms with van der Waals surface area (Å²) in [5.41, 5.74) is -0.710. The Morgan fingerprint density at radius 1 is 0.977 bits per heavy atom. The number of carbonyl (C=O) groups is 2. The van der Waals surface area contributed by atoms with Crippen LogP contribution in [-0.4, -0.2) is 41.5 Å². The summed E-state index contributed by atoms with van der Waals surface area (Å²) >= 11 is 0. The molecule has 0 saturated heterocycles. The van der Waals surface area contributed by atoms with E-state index in [4.69, 9.17) is 0 Å². The minimum Gasteiger partial charge on any atom is -0.481 e. The van der Waals surface area contributed by atoms with E-state index in [1.54, 1.807) is 33.8 Å². The Morgan fingerprint density at radius 2 is 1.60 bits per heavy atom. The highest BCUT2D eigenvalue weighted by molar-refractivity contribution is 7.89. The summed E-state index contributed by atoms with van der Waals surface area (Å²) < 4.78 is 73.2. The summed E-state index contributed by atoms with van der Waals surface area (Å²) in [5, 5.41) is 12.3. The largest absolute Gasteiger partial charge is 0.481 e. The summed E-state index contributed by atoms with van der Waals surface area (Å²) in [6.45, 7) is 6.97. The number of amides is 1. The predicted molar refractivity (Wildman–Crippen MR) is 157 cm³/mol. The maximum Gasteiger partial charge on any atom is 0.417 e. The van der Waals surface area contributed by atoms with Gasteiger partial charge in [0.05, 0.1) is 21.9 Å². The zero-order chi connectivity index (χ0) is 31.7. The van der Waals surface area contributed by atoms with E-state index < -0.39 is 44.1 Å². The van der Waals surface area contributed by atoms with Gasteiger partial charge in [0.25, 0.3) is 5.91 Å². The van der Waals surface area contributed by atoms with Gasteiger partial charge in [-0.05, 0) is 95.9 Å². The second-order valence-corrected chi connectivity index (χ2v) is 14.7. The van der Waals surface area contributed by atoms with Gasteiger partial charge in [0.15, 0.2) is 0 Å². The van der Waals surface area contributed by atoms with Gasteiger partial charge in [-0.25, -0.2) is 13.1 Å². The van der Waals surface area contributed by atoms with E-state index in [9.17, 15) is 36.3 Å². The summed E-state index contributed by atoms with van der Waals surface area (Å²) in [7, 11) is -4.48. The van der Waals surface area contributed by atoms with Crippen LogP contribution in [-0.2, 0) is 27.5 Å². The van der Waals surface area contributed by atoms with Gasteiger partial charge in [0, 0.05) is 29.5 Å². The van der Waals surface area contributed by atoms with Crippen LogP contribution < -0.4 is 10.0 Å². The lowest BCUT2D eigenvalue weighted by Crippen LogP contribution is -2.41. The molecule has 0 unspecified atom stereocenters. The molecule has 12 heteroatoms. The van der Waals surface area contributed by atoms with Gasteiger partial charge in [0.1, 0.15) is 0 Å². The normalized spacial score (nSPS) is 20.6. The molecule has 1 amide bonds. The van der Waals surface area contributed by atoms with E-state index in [2.05, 4.69) is 10.0 Å². The Morgan fingerprint density at radius 3 is 2.16 bits per heavy atom. The number of hydrogen-bond acceptors (Lipinski definition) is 4. The summed E-state index contributed by atoms with van der Waals surface area (Å²) in [6.07, 6.45) is 2.29. The number of aromatic nitrogens is 1. The molecular formula is C31H42F3N3O5S. The highest BCUT2D eigenvalue weighted by atomic mass is 32.2. The van der Waals surface area contributed by atoms with Crippen LogP contribution in [0.15, 0.2) is 29.2 Å². The van der Waals surface area contributed by atoms with Crippen molar-refractivity contribution in [2.75, 3.05) is 0 Å². The second kappa shape index (κ2) is 12.6. The second-order valence-electron chi connectivity index (χ2n) is 13.1. The first-order chi connectivity index (χ1) is 20.0. The Kier molecular flexibility index (Phi) is 9.71. The average molecular weight is 626 g/mol. The van der Waals surface area contributed by atoms with Gasteiger partial charge in [-0.15, -0.1) is 0 Å². The van der Waals surface area contributed by atoms with E-state index in [-0.39, 0.29) is 17.5 Å². The number of nitrogens with zero attached hydrogens (tertiary/aromatic N) is 1. The summed E-state index contributed by atoms with van der Waals surface area (Å²) in [5.74, 6) is -1.31. The van der Waals surface area contributed by atoms with Crippen molar-refractivity contribution in [2.45, 2.75) is 115 Å². The molecule has 2 saturated carbocycles. The minimum atomic E-state index is -4.94. The highest BCUT2D eigenvalue weighted by Crippen LogP contribution is 2.39. The molecule has 2 aliphatic carbocycles. The molecule has 1 aromatic heterocycles. The van der Waals surface area contributed by atoms with Crippen LogP contribution in [0, 0.1) is 18.8 Å². The van der Waals surface area contributed by atoms with Gasteiger partial charge < -0.3 is 15.0 Å². The quantitative estimate of drug-likeness (QED) is 0.309. The van der Waals surface area contributed by atoms with Gasteiger partial charge in [-0.2, -0.15) is 13.2 Å². The maximum atomic E-state index is 14.3. The number of carboxylic acid groups (broad SMARTS) is 1. The van der Waals surface area contributed by atoms with Gasteiger partial charge >= 0.3 is 12.1 Å². The SMILES string of the molecule is Cc1c(C(=O)N[C@H]2CC[C@H](C(=O)O)CC2)cc(-c2ccc(S(=O)(=O)NC(C)(C)C)c(C(F)(F)F)c2)n1CC1CCCCC1. The van der Waals surface area contributed by atoms with Gasteiger partial charge in [0.2, 0.25) is 10.0 Å². The smallest absolute Gasteiger partial charge is 0.417 e. The van der Waals surface area contributed by atoms with Crippen molar-refractivity contribution < 1.29 is 36.3 Å². The van der Waals surface area contributed by atoms with E-state index in [0.717, 1.165) is 44.2 Å². The standard InChI is InChI=1S/C31H42F3N3O5S/c1-19-24(28(38)35-23-13-10-21(11-14-23)29(39)40)17-26(37(19)18-20-8-6-5-7-9-20)22-12-15-27(25(16-22)31(32,33)34)43(41,42)36-30(2,3)4/h12,15-17,20-21,23,36H,5-11,13-14,18H2,1-4H3,(H,35,38)(H,39,40)/t21-,23-. The molecule has 2 aliphatic rings. The van der Waals surface area contributed by atoms with Crippen LogP contribution in [0.2, 0.25) is 0 Å². The van der Waals surface area contributed by atoms with E-state index >= 15 is 0 Å². The van der Waals surface area contributed by atoms with Crippen LogP contribution in [0.5, 0.6) is 0 Å². The maximum absolute atomic E-state index is 14.3. The number of carbonyl (C=O) groups excluding carboxylic acids is 1. The molecule has 4 rings (SSSR count). The van der Waals surface area contributed by atoms with Crippen LogP contribution in [0.25, 0.3) is 11.3 Å². The fourth-order valence-corrected chi connectivity index (χ4v) is 7.96. The fraction of sp³-hybridized carbons (Fsp3) is 0.613. The van der Waals surface area contributed by atoms with Crippen molar-refractivity contribution in [3.63, 3.8) is 0 Å². The molecular weight excluding hydrogens is 583 g/mol. The zero-order valence-corrected chi connectivity index (χ0v) is 26.0. The average Bonchev–Trinajstić information content (AvgIpc) is 3.23. The number of halogens is 3. The van der Waals surface area contributed by atoms with Crippen molar-refractivity contribution in [1.29, 1.82) is 0 Å². The number of alkyl halides is 3. The lowest BCUT2D eigenvalue weighted by Gasteiger charge is -2.27. The number of nitrogens with one attached hydrogen (secondary N) is 2. The number of sulfonamides is 1. The monoisotopic (exact) mass is 625 g/mol. The first-order valence-electron chi connectivity index (χ1n) is 15.0. The molecule has 1 heterocycles. The molecule has 0 atom stereocenters. The molecule has 0 aliphatic heterocycles. The van der Waals surface area contributed by atoms with Crippen LogP contribution in [0.1, 0.15) is 100 Å². The summed E-state index contributed by atoms with van der Waals surface area (Å²) in [4.78, 5) is 23.9. The Balaban J connectivity index is 1.74. The molecule has 2 aromatic rings. The molecule has 2 fully saturated rings. The lowest BCUT2D eigenvalue weighted by molar-refractivity contribution is -0.143. The molecule has 0 bridgehead atoms. The fourth-order valence-electron chi connectivity index (χ4n) is 6.33. The van der Waals surface area contributed by atoms with Crippen molar-refractivity contribution in [3.8, 4) is 11.3 Å². The van der Waals surface area contributed by atoms with Gasteiger partial charge in [-0.3, -0.25) is 9.59 Å². The minimum absolute atomic E-state index is 0.168. The van der Waals surface area contributed by atoms with Crippen molar-refractivity contribution >= 4 is 21.9 Å². The van der Waals surface area contributed by atoms with E-state index in [1.807, 2.05) is 4.57 Å². The van der Waals surface area contributed by atoms with Crippen molar-refractivity contribution in [1.82, 2.24) is 14.6 Å². The van der Waals surface area contributed by atoms with Crippen molar-refractivity contribution in [3.05, 3.63) is 41.1 Å². The van der Waals surface area contributed by atoms with Crippen LogP contribution >= 0.6 is 0 Å². The third kappa shape index (κ3) is 8.00. The molecule has 238 valence electrons. The number of carboxylic acids is 1. The molecule has 0 spiro atoms. The van der Waals surface area contributed by atoms with E-state index in [1.165, 1.54) is 6.07 Å². The molecule has 0 radical (unpaired) electrons.